The zero-order valence-electron chi connectivity index (χ0n) is 16.4. The number of aliphatic imine (C=N–C) groups is 1. The number of halogens is 1. The van der Waals surface area contributed by atoms with Crippen LogP contribution in [0.5, 0.6) is 5.75 Å². The molecule has 2 rings (SSSR count). The van der Waals surface area contributed by atoms with Crippen LogP contribution < -0.4 is 10.6 Å². The Balaban J connectivity index is 0.00000364. The van der Waals surface area contributed by atoms with Crippen LogP contribution in [0.1, 0.15) is 51.5 Å². The summed E-state index contributed by atoms with van der Waals surface area (Å²) in [6.07, 6.45) is 6.22. The normalized spacial score (nSPS) is 21.2. The lowest BCUT2D eigenvalue weighted by molar-refractivity contribution is 0.413. The second-order valence-corrected chi connectivity index (χ2v) is 8.84. The van der Waals surface area contributed by atoms with Crippen LogP contribution in [0.4, 0.5) is 0 Å². The van der Waals surface area contributed by atoms with E-state index in [2.05, 4.69) is 17.6 Å². The van der Waals surface area contributed by atoms with E-state index in [-0.39, 0.29) is 24.0 Å². The third-order valence-electron chi connectivity index (χ3n) is 4.80. The molecule has 0 bridgehead atoms. The van der Waals surface area contributed by atoms with Crippen LogP contribution in [-0.2, 0) is 17.2 Å². The van der Waals surface area contributed by atoms with Crippen LogP contribution in [0.2, 0.25) is 0 Å². The minimum Gasteiger partial charge on any atom is -0.508 e. The van der Waals surface area contributed by atoms with E-state index in [0.29, 0.717) is 17.0 Å². The molecule has 3 unspecified atom stereocenters. The number of hydrogen-bond donors (Lipinski definition) is 3. The molecule has 0 aromatic heterocycles. The van der Waals surface area contributed by atoms with E-state index in [1.807, 2.05) is 19.1 Å². The summed E-state index contributed by atoms with van der Waals surface area (Å²) < 4.78 is 12.1. The van der Waals surface area contributed by atoms with Crippen molar-refractivity contribution in [2.24, 2.45) is 4.99 Å². The first-order valence-corrected chi connectivity index (χ1v) is 11.2. The summed E-state index contributed by atoms with van der Waals surface area (Å²) in [5.41, 5.74) is 1.22. The lowest BCUT2D eigenvalue weighted by Gasteiger charge is -2.30. The maximum absolute atomic E-state index is 12.1. The predicted molar refractivity (Wildman–Crippen MR) is 126 cm³/mol. The summed E-state index contributed by atoms with van der Waals surface area (Å²) in [6.45, 7) is 5.67. The second kappa shape index (κ2) is 13.4. The largest absolute Gasteiger partial charge is 0.508 e. The van der Waals surface area contributed by atoms with E-state index in [4.69, 9.17) is 4.99 Å². The molecule has 5 nitrogen and oxygen atoms in total. The Kier molecular flexibility index (Phi) is 12.0. The monoisotopic (exact) mass is 507 g/mol. The lowest BCUT2D eigenvalue weighted by atomic mass is 9.95. The molecule has 3 atom stereocenters. The number of nitrogens with zero attached hydrogens (tertiary/aromatic N) is 1. The molecular weight excluding hydrogens is 473 g/mol. The number of rotatable bonds is 8. The van der Waals surface area contributed by atoms with Gasteiger partial charge in [0.25, 0.3) is 0 Å². The fraction of sp³-hybridized carbons (Fsp3) is 0.650. The highest BCUT2D eigenvalue weighted by Crippen LogP contribution is 2.23. The molecule has 0 saturated heterocycles. The summed E-state index contributed by atoms with van der Waals surface area (Å²) in [4.78, 5) is 4.70. The highest BCUT2D eigenvalue weighted by atomic mass is 127. The minimum absolute atomic E-state index is 0. The molecular formula is C20H34IN3O2S. The zero-order chi connectivity index (χ0) is 18.8. The molecule has 1 aromatic carbocycles. The van der Waals surface area contributed by atoms with Gasteiger partial charge in [0.15, 0.2) is 5.96 Å². The van der Waals surface area contributed by atoms with E-state index in [1.165, 1.54) is 5.56 Å². The van der Waals surface area contributed by atoms with Crippen molar-refractivity contribution in [3.8, 4) is 5.75 Å². The second-order valence-electron chi connectivity index (χ2n) is 6.83. The van der Waals surface area contributed by atoms with Crippen molar-refractivity contribution in [3.63, 3.8) is 0 Å². The molecule has 0 amide bonds. The number of guanidine groups is 1. The van der Waals surface area contributed by atoms with Gasteiger partial charge in [-0.1, -0.05) is 25.5 Å². The number of aromatic hydroxyl groups is 1. The van der Waals surface area contributed by atoms with E-state index in [0.717, 1.165) is 63.3 Å². The number of aryl methyl sites for hydroxylation is 1. The van der Waals surface area contributed by atoms with Gasteiger partial charge in [-0.3, -0.25) is 9.20 Å². The van der Waals surface area contributed by atoms with E-state index >= 15 is 0 Å². The van der Waals surface area contributed by atoms with Crippen molar-refractivity contribution in [1.29, 1.82) is 0 Å². The molecule has 1 aromatic rings. The summed E-state index contributed by atoms with van der Waals surface area (Å²) in [6, 6.07) is 7.73. The SMILES string of the molecule is CCNC(=NCCCc1ccc(O)cc1)NC1CCCC(S(=O)CC)C1.I. The standard InChI is InChI=1S/C20H33N3O2S.HI/c1-3-21-20(22-14-6-7-16-10-12-18(24)13-11-16)23-17-8-5-9-19(15-17)26(25)4-2;/h10-13,17,19,24H,3-9,14-15H2,1-2H3,(H2,21,22,23);1H. The Morgan fingerprint density at radius 1 is 1.26 bits per heavy atom. The van der Waals surface area contributed by atoms with Crippen molar-refractivity contribution < 1.29 is 9.32 Å². The molecule has 154 valence electrons. The Labute approximate surface area is 183 Å². The summed E-state index contributed by atoms with van der Waals surface area (Å²) in [5, 5.41) is 16.5. The van der Waals surface area contributed by atoms with Crippen molar-refractivity contribution in [1.82, 2.24) is 10.6 Å². The van der Waals surface area contributed by atoms with E-state index in [9.17, 15) is 9.32 Å². The fourth-order valence-corrected chi connectivity index (χ4v) is 4.75. The Morgan fingerprint density at radius 3 is 2.67 bits per heavy atom. The molecule has 1 aliphatic rings. The topological polar surface area (TPSA) is 73.7 Å². The highest BCUT2D eigenvalue weighted by Gasteiger charge is 2.25. The van der Waals surface area contributed by atoms with Gasteiger partial charge in [-0.05, 0) is 56.7 Å². The van der Waals surface area contributed by atoms with Gasteiger partial charge in [-0.15, -0.1) is 24.0 Å². The summed E-state index contributed by atoms with van der Waals surface area (Å²) in [5.74, 6) is 1.93. The first-order valence-electron chi connectivity index (χ1n) is 9.82. The van der Waals surface area contributed by atoms with Crippen molar-refractivity contribution in [3.05, 3.63) is 29.8 Å². The van der Waals surface area contributed by atoms with Gasteiger partial charge in [0.1, 0.15) is 5.75 Å². The maximum atomic E-state index is 12.1. The van der Waals surface area contributed by atoms with Gasteiger partial charge in [0.2, 0.25) is 0 Å². The highest BCUT2D eigenvalue weighted by molar-refractivity contribution is 14.0. The number of nitrogens with one attached hydrogen (secondary N) is 2. The van der Waals surface area contributed by atoms with E-state index < -0.39 is 10.8 Å². The van der Waals surface area contributed by atoms with E-state index in [1.54, 1.807) is 12.1 Å². The first-order chi connectivity index (χ1) is 12.6. The first kappa shape index (κ1) is 24.2. The Hall–Kier alpha value is -0.830. The third-order valence-corrected chi connectivity index (χ3v) is 6.54. The molecule has 1 saturated carbocycles. The number of phenolic OH excluding ortho intramolecular Hbond substituents is 1. The van der Waals surface area contributed by atoms with Gasteiger partial charge < -0.3 is 15.7 Å². The number of phenols is 1. The molecule has 0 heterocycles. The smallest absolute Gasteiger partial charge is 0.191 e. The summed E-state index contributed by atoms with van der Waals surface area (Å²) >= 11 is 0. The molecule has 0 radical (unpaired) electrons. The summed E-state index contributed by atoms with van der Waals surface area (Å²) in [7, 11) is -0.700. The van der Waals surface area contributed by atoms with Crippen molar-refractivity contribution in [2.45, 2.75) is 63.7 Å². The number of hydrogen-bond acceptors (Lipinski definition) is 3. The number of benzene rings is 1. The van der Waals surface area contributed by atoms with Crippen LogP contribution in [0, 0.1) is 0 Å². The van der Waals surface area contributed by atoms with Crippen LogP contribution in [0.15, 0.2) is 29.3 Å². The van der Waals surface area contributed by atoms with Gasteiger partial charge in [-0.2, -0.15) is 0 Å². The average molecular weight is 507 g/mol. The Bertz CT molecular complexity index is 595. The Morgan fingerprint density at radius 2 is 2.00 bits per heavy atom. The van der Waals surface area contributed by atoms with Gasteiger partial charge in [0, 0.05) is 40.9 Å². The van der Waals surface area contributed by atoms with Crippen LogP contribution in [0.25, 0.3) is 0 Å². The quantitative estimate of drug-likeness (QED) is 0.218. The molecule has 27 heavy (non-hydrogen) atoms. The average Bonchev–Trinajstić information content (AvgIpc) is 2.66. The van der Waals surface area contributed by atoms with Crippen molar-refractivity contribution in [2.75, 3.05) is 18.8 Å². The predicted octanol–water partition coefficient (Wildman–Crippen LogP) is 3.58. The lowest BCUT2D eigenvalue weighted by Crippen LogP contribution is -2.46. The van der Waals surface area contributed by atoms with Crippen LogP contribution in [-0.4, -0.2) is 45.4 Å². The minimum atomic E-state index is -0.700. The molecule has 1 fully saturated rings. The van der Waals surface area contributed by atoms with Gasteiger partial charge in [0.05, 0.1) is 0 Å². The van der Waals surface area contributed by atoms with Gasteiger partial charge in [-0.25, -0.2) is 0 Å². The molecule has 0 spiro atoms. The molecule has 3 N–H and O–H groups in total. The molecule has 7 heteroatoms. The third kappa shape index (κ3) is 8.81. The van der Waals surface area contributed by atoms with Crippen LogP contribution >= 0.6 is 24.0 Å². The maximum Gasteiger partial charge on any atom is 0.191 e. The molecule has 0 aliphatic heterocycles. The van der Waals surface area contributed by atoms with Crippen molar-refractivity contribution >= 4 is 40.7 Å². The molecule has 1 aliphatic carbocycles. The van der Waals surface area contributed by atoms with Crippen LogP contribution in [0.3, 0.4) is 0 Å². The van der Waals surface area contributed by atoms with Gasteiger partial charge >= 0.3 is 0 Å². The zero-order valence-corrected chi connectivity index (χ0v) is 19.6. The fourth-order valence-electron chi connectivity index (χ4n) is 3.40.